The van der Waals surface area contributed by atoms with Gasteiger partial charge in [0.05, 0.1) is 6.54 Å². The van der Waals surface area contributed by atoms with E-state index in [0.717, 1.165) is 6.54 Å². The molecule has 2 aromatic rings. The molecule has 1 heterocycles. The lowest BCUT2D eigenvalue weighted by atomic mass is 10.1. The molecule has 0 saturated heterocycles. The predicted octanol–water partition coefficient (Wildman–Crippen LogP) is 6.31. The monoisotopic (exact) mass is 355 g/mol. The van der Waals surface area contributed by atoms with Crippen molar-refractivity contribution in [1.29, 1.82) is 0 Å². The molecule has 0 amide bonds. The Morgan fingerprint density at radius 3 is 2.15 bits per heavy atom. The summed E-state index contributed by atoms with van der Waals surface area (Å²) in [6.07, 6.45) is 19.3. The molecule has 1 aromatic carbocycles. The molecule has 0 saturated carbocycles. The number of aryl methyl sites for hydroxylation is 1. The summed E-state index contributed by atoms with van der Waals surface area (Å²) in [6, 6.07) is 10.9. The Balaban J connectivity index is 1.94. The molecule has 1 aromatic heterocycles. The Morgan fingerprint density at radius 1 is 0.769 bits per heavy atom. The van der Waals surface area contributed by atoms with Crippen LogP contribution in [-0.4, -0.2) is 4.57 Å². The van der Waals surface area contributed by atoms with E-state index in [4.69, 9.17) is 0 Å². The Bertz CT molecular complexity index is 586. The van der Waals surface area contributed by atoms with Crippen LogP contribution in [0, 0.1) is 0 Å². The van der Waals surface area contributed by atoms with E-state index < -0.39 is 0 Å². The fourth-order valence-corrected chi connectivity index (χ4v) is 3.69. The summed E-state index contributed by atoms with van der Waals surface area (Å²) in [5, 5.41) is 0. The van der Waals surface area contributed by atoms with Crippen LogP contribution in [0.15, 0.2) is 42.7 Å². The van der Waals surface area contributed by atoms with Crippen LogP contribution < -0.4 is 4.57 Å². The van der Waals surface area contributed by atoms with Gasteiger partial charge in [0.2, 0.25) is 0 Å². The lowest BCUT2D eigenvalue weighted by molar-refractivity contribution is -0.695. The Hall–Kier alpha value is -1.57. The maximum Gasteiger partial charge on any atom is 0.256 e. The summed E-state index contributed by atoms with van der Waals surface area (Å²) in [7, 11) is 0. The van der Waals surface area contributed by atoms with Crippen molar-refractivity contribution in [2.45, 2.75) is 97.6 Å². The highest BCUT2D eigenvalue weighted by molar-refractivity contribution is 5.13. The van der Waals surface area contributed by atoms with E-state index in [9.17, 15) is 0 Å². The largest absolute Gasteiger partial charge is 0.256 e. The average Bonchev–Trinajstić information content (AvgIpc) is 3.04. The molecular weight excluding hydrogens is 316 g/mol. The molecule has 0 aliphatic carbocycles. The topological polar surface area (TPSA) is 8.81 Å². The van der Waals surface area contributed by atoms with Gasteiger partial charge in [-0.2, -0.15) is 0 Å². The first-order valence-corrected chi connectivity index (χ1v) is 11.0. The molecule has 144 valence electrons. The second kappa shape index (κ2) is 12.7. The number of benzene rings is 1. The van der Waals surface area contributed by atoms with Crippen molar-refractivity contribution in [3.8, 4) is 0 Å². The maximum atomic E-state index is 2.52. The first kappa shape index (κ1) is 20.7. The molecule has 2 rings (SSSR count). The fraction of sp³-hybridized carbons (Fsp3) is 0.625. The molecule has 0 spiro atoms. The van der Waals surface area contributed by atoms with Gasteiger partial charge in [0.1, 0.15) is 18.9 Å². The van der Waals surface area contributed by atoms with Crippen LogP contribution in [0.2, 0.25) is 0 Å². The van der Waals surface area contributed by atoms with E-state index >= 15 is 0 Å². The van der Waals surface area contributed by atoms with Gasteiger partial charge in [-0.05, 0) is 24.8 Å². The zero-order valence-corrected chi connectivity index (χ0v) is 17.1. The molecular formula is C24H39N2+. The van der Waals surface area contributed by atoms with Gasteiger partial charge in [-0.1, -0.05) is 89.1 Å². The number of hydrogen-bond acceptors (Lipinski definition) is 0. The van der Waals surface area contributed by atoms with Gasteiger partial charge >= 0.3 is 0 Å². The smallest absolute Gasteiger partial charge is 0.234 e. The predicted molar refractivity (Wildman–Crippen MR) is 111 cm³/mol. The molecule has 0 N–H and O–H groups in total. The van der Waals surface area contributed by atoms with Crippen LogP contribution in [-0.2, 0) is 19.5 Å². The minimum atomic E-state index is 0.994. The van der Waals surface area contributed by atoms with Crippen LogP contribution in [0.25, 0.3) is 0 Å². The van der Waals surface area contributed by atoms with E-state index in [0.29, 0.717) is 0 Å². The highest BCUT2D eigenvalue weighted by Gasteiger charge is 2.16. The summed E-state index contributed by atoms with van der Waals surface area (Å²) in [4.78, 5) is 0. The Kier molecular flexibility index (Phi) is 10.2. The zero-order chi connectivity index (χ0) is 18.5. The lowest BCUT2D eigenvalue weighted by Gasteiger charge is -2.06. The van der Waals surface area contributed by atoms with Crippen molar-refractivity contribution in [3.05, 3.63) is 54.1 Å². The van der Waals surface area contributed by atoms with Crippen molar-refractivity contribution in [2.24, 2.45) is 0 Å². The second-order valence-electron chi connectivity index (χ2n) is 7.60. The van der Waals surface area contributed by atoms with Crippen LogP contribution in [0.5, 0.6) is 0 Å². The van der Waals surface area contributed by atoms with E-state index in [2.05, 4.69) is 65.7 Å². The number of aromatic nitrogens is 2. The minimum Gasteiger partial charge on any atom is -0.234 e. The summed E-state index contributed by atoms with van der Waals surface area (Å²) < 4.78 is 4.99. The Morgan fingerprint density at radius 2 is 1.42 bits per heavy atom. The number of rotatable bonds is 14. The molecule has 0 radical (unpaired) electrons. The maximum absolute atomic E-state index is 2.52. The number of imidazole rings is 1. The molecule has 2 heteroatoms. The zero-order valence-electron chi connectivity index (χ0n) is 17.1. The van der Waals surface area contributed by atoms with Gasteiger partial charge in [0.15, 0.2) is 0 Å². The molecule has 0 bridgehead atoms. The van der Waals surface area contributed by atoms with Crippen molar-refractivity contribution >= 4 is 0 Å². The summed E-state index contributed by atoms with van der Waals surface area (Å²) >= 11 is 0. The average molecular weight is 356 g/mol. The van der Waals surface area contributed by atoms with Gasteiger partial charge in [0, 0.05) is 6.42 Å². The molecule has 0 unspecified atom stereocenters. The number of nitrogens with zero attached hydrogens (tertiary/aromatic N) is 2. The molecule has 0 aliphatic rings. The van der Waals surface area contributed by atoms with Crippen LogP contribution >= 0.6 is 0 Å². The van der Waals surface area contributed by atoms with Crippen LogP contribution in [0.3, 0.4) is 0 Å². The minimum absolute atomic E-state index is 0.994. The number of unbranched alkanes of at least 4 members (excludes halogenated alkanes) is 8. The van der Waals surface area contributed by atoms with Gasteiger partial charge < -0.3 is 0 Å². The quantitative estimate of drug-likeness (QED) is 0.277. The SMILES string of the molecule is CCCCCCCCn1cc[n+](Cc2ccccc2)c1CCCCCC. The standard InChI is InChI=1S/C24H39N2/c1-3-5-7-9-10-15-19-25-20-21-26(22-23-16-12-11-13-17-23)24(25)18-14-8-6-4-2/h11-13,16-17,20-21H,3-10,14-15,18-19,22H2,1-2H3/q+1. The van der Waals surface area contributed by atoms with Crippen LogP contribution in [0.1, 0.15) is 89.4 Å². The molecule has 0 fully saturated rings. The van der Waals surface area contributed by atoms with Gasteiger partial charge in [-0.25, -0.2) is 9.13 Å². The summed E-state index contributed by atoms with van der Waals surface area (Å²) in [5.41, 5.74) is 1.39. The van der Waals surface area contributed by atoms with Gasteiger partial charge in [0.25, 0.3) is 5.82 Å². The Labute approximate surface area is 161 Å². The molecule has 26 heavy (non-hydrogen) atoms. The van der Waals surface area contributed by atoms with Crippen molar-refractivity contribution in [2.75, 3.05) is 0 Å². The van der Waals surface area contributed by atoms with E-state index in [1.54, 1.807) is 0 Å². The van der Waals surface area contributed by atoms with Crippen molar-refractivity contribution in [3.63, 3.8) is 0 Å². The second-order valence-corrected chi connectivity index (χ2v) is 7.60. The van der Waals surface area contributed by atoms with E-state index in [1.165, 1.54) is 88.6 Å². The third-order valence-corrected chi connectivity index (χ3v) is 5.29. The molecule has 0 aliphatic heterocycles. The van der Waals surface area contributed by atoms with Crippen LogP contribution in [0.4, 0.5) is 0 Å². The van der Waals surface area contributed by atoms with Crippen molar-refractivity contribution in [1.82, 2.24) is 4.57 Å². The lowest BCUT2D eigenvalue weighted by Crippen LogP contribution is -2.37. The van der Waals surface area contributed by atoms with Gasteiger partial charge in [-0.3, -0.25) is 0 Å². The first-order chi connectivity index (χ1) is 12.8. The third kappa shape index (κ3) is 7.35. The fourth-order valence-electron chi connectivity index (χ4n) is 3.69. The highest BCUT2D eigenvalue weighted by Crippen LogP contribution is 2.10. The van der Waals surface area contributed by atoms with E-state index in [1.807, 2.05) is 0 Å². The third-order valence-electron chi connectivity index (χ3n) is 5.29. The normalized spacial score (nSPS) is 11.2. The highest BCUT2D eigenvalue weighted by atomic mass is 15.1. The number of hydrogen-bond donors (Lipinski definition) is 0. The summed E-state index contributed by atoms with van der Waals surface area (Å²) in [6.45, 7) is 6.75. The molecule has 0 atom stereocenters. The van der Waals surface area contributed by atoms with E-state index in [-0.39, 0.29) is 0 Å². The van der Waals surface area contributed by atoms with Crippen molar-refractivity contribution < 1.29 is 4.57 Å². The van der Waals surface area contributed by atoms with Gasteiger partial charge in [-0.15, -0.1) is 0 Å². The molecule has 2 nitrogen and oxygen atoms in total. The first-order valence-electron chi connectivity index (χ1n) is 11.0. The summed E-state index contributed by atoms with van der Waals surface area (Å²) in [5.74, 6) is 1.51.